The molecule has 0 spiro atoms. The van der Waals surface area contributed by atoms with E-state index in [9.17, 15) is 0 Å². The summed E-state index contributed by atoms with van der Waals surface area (Å²) in [5.41, 5.74) is 9.01. The van der Waals surface area contributed by atoms with Gasteiger partial charge in [0.2, 0.25) is 5.82 Å². The first-order valence-corrected chi connectivity index (χ1v) is 6.48. The molecule has 0 aliphatic rings. The Morgan fingerprint density at radius 2 is 1.80 bits per heavy atom. The SMILES string of the molecule is Cc1c(Cl)cccc1-c1nc(-c2ccccc2N)no1. The lowest BCUT2D eigenvalue weighted by molar-refractivity contribution is 0.432. The third kappa shape index (κ3) is 2.14. The van der Waals surface area contributed by atoms with E-state index in [1.165, 1.54) is 0 Å². The maximum absolute atomic E-state index is 6.10. The van der Waals surface area contributed by atoms with Gasteiger partial charge in [-0.1, -0.05) is 35.0 Å². The van der Waals surface area contributed by atoms with Crippen LogP contribution in [0.4, 0.5) is 5.69 Å². The molecule has 0 bridgehead atoms. The van der Waals surface area contributed by atoms with Gasteiger partial charge in [0.05, 0.1) is 0 Å². The maximum atomic E-state index is 6.10. The summed E-state index contributed by atoms with van der Waals surface area (Å²) in [6.45, 7) is 1.92. The summed E-state index contributed by atoms with van der Waals surface area (Å²) < 4.78 is 5.32. The minimum atomic E-state index is 0.434. The molecular formula is C15H12ClN3O. The first-order valence-electron chi connectivity index (χ1n) is 6.11. The van der Waals surface area contributed by atoms with Gasteiger partial charge < -0.3 is 10.3 Å². The lowest BCUT2D eigenvalue weighted by Crippen LogP contribution is -1.90. The molecule has 0 saturated heterocycles. The van der Waals surface area contributed by atoms with Gasteiger partial charge in [0.1, 0.15) is 0 Å². The highest BCUT2D eigenvalue weighted by atomic mass is 35.5. The van der Waals surface area contributed by atoms with Crippen molar-refractivity contribution in [2.45, 2.75) is 6.92 Å². The van der Waals surface area contributed by atoms with Crippen LogP contribution in [0.15, 0.2) is 47.0 Å². The van der Waals surface area contributed by atoms with E-state index in [1.807, 2.05) is 43.3 Å². The minimum Gasteiger partial charge on any atom is -0.398 e. The second-order valence-corrected chi connectivity index (χ2v) is 4.83. The van der Waals surface area contributed by atoms with Crippen LogP contribution in [0.2, 0.25) is 5.02 Å². The minimum absolute atomic E-state index is 0.434. The number of hydrogen-bond acceptors (Lipinski definition) is 4. The van der Waals surface area contributed by atoms with Crippen molar-refractivity contribution in [3.63, 3.8) is 0 Å². The van der Waals surface area contributed by atoms with Crippen molar-refractivity contribution < 1.29 is 4.52 Å². The molecule has 0 fully saturated rings. The molecular weight excluding hydrogens is 274 g/mol. The van der Waals surface area contributed by atoms with Gasteiger partial charge in [-0.15, -0.1) is 0 Å². The van der Waals surface area contributed by atoms with Gasteiger partial charge in [0.15, 0.2) is 0 Å². The van der Waals surface area contributed by atoms with Crippen molar-refractivity contribution in [2.75, 3.05) is 5.73 Å². The van der Waals surface area contributed by atoms with Gasteiger partial charge in [0, 0.05) is 21.8 Å². The largest absolute Gasteiger partial charge is 0.398 e. The van der Waals surface area contributed by atoms with Gasteiger partial charge in [-0.2, -0.15) is 4.98 Å². The van der Waals surface area contributed by atoms with Crippen LogP contribution >= 0.6 is 11.6 Å². The molecule has 3 rings (SSSR count). The van der Waals surface area contributed by atoms with Crippen LogP contribution in [-0.4, -0.2) is 10.1 Å². The number of benzene rings is 2. The van der Waals surface area contributed by atoms with Crippen molar-refractivity contribution in [3.05, 3.63) is 53.1 Å². The van der Waals surface area contributed by atoms with Gasteiger partial charge in [-0.3, -0.25) is 0 Å². The molecule has 1 aromatic heterocycles. The molecule has 2 N–H and O–H groups in total. The van der Waals surface area contributed by atoms with E-state index in [0.29, 0.717) is 22.4 Å². The Kier molecular flexibility index (Phi) is 3.16. The molecule has 4 nitrogen and oxygen atoms in total. The van der Waals surface area contributed by atoms with Crippen LogP contribution in [0.3, 0.4) is 0 Å². The average Bonchev–Trinajstić information content (AvgIpc) is 2.92. The fourth-order valence-electron chi connectivity index (χ4n) is 1.98. The Balaban J connectivity index is 2.07. The molecule has 0 amide bonds. The van der Waals surface area contributed by atoms with E-state index in [0.717, 1.165) is 16.7 Å². The molecule has 0 aliphatic heterocycles. The lowest BCUT2D eigenvalue weighted by Gasteiger charge is -2.01. The van der Waals surface area contributed by atoms with E-state index >= 15 is 0 Å². The van der Waals surface area contributed by atoms with Crippen molar-refractivity contribution in [1.82, 2.24) is 10.1 Å². The second-order valence-electron chi connectivity index (χ2n) is 4.42. The Morgan fingerprint density at radius 3 is 2.60 bits per heavy atom. The molecule has 0 aliphatic carbocycles. The molecule has 0 atom stereocenters. The second kappa shape index (κ2) is 4.98. The van der Waals surface area contributed by atoms with E-state index in [4.69, 9.17) is 21.9 Å². The van der Waals surface area contributed by atoms with Crippen molar-refractivity contribution >= 4 is 17.3 Å². The third-order valence-corrected chi connectivity index (χ3v) is 3.54. The molecule has 1 heterocycles. The number of nitrogens with two attached hydrogens (primary N) is 1. The highest BCUT2D eigenvalue weighted by molar-refractivity contribution is 6.31. The predicted octanol–water partition coefficient (Wildman–Crippen LogP) is 3.95. The number of hydrogen-bond donors (Lipinski definition) is 1. The molecule has 0 unspecified atom stereocenters. The van der Waals surface area contributed by atoms with Crippen LogP contribution in [0.1, 0.15) is 5.56 Å². The highest BCUT2D eigenvalue weighted by Gasteiger charge is 2.14. The maximum Gasteiger partial charge on any atom is 0.258 e. The molecule has 0 radical (unpaired) electrons. The topological polar surface area (TPSA) is 64.9 Å². The van der Waals surface area contributed by atoms with Crippen molar-refractivity contribution in [2.24, 2.45) is 0 Å². The summed E-state index contributed by atoms with van der Waals surface area (Å²) in [7, 11) is 0. The quantitative estimate of drug-likeness (QED) is 0.724. The normalized spacial score (nSPS) is 10.7. The highest BCUT2D eigenvalue weighted by Crippen LogP contribution is 2.30. The molecule has 20 heavy (non-hydrogen) atoms. The average molecular weight is 286 g/mol. The van der Waals surface area contributed by atoms with Gasteiger partial charge in [-0.25, -0.2) is 0 Å². The van der Waals surface area contributed by atoms with Crippen LogP contribution in [0.25, 0.3) is 22.8 Å². The Morgan fingerprint density at radius 1 is 1.05 bits per heavy atom. The zero-order chi connectivity index (χ0) is 14.1. The molecule has 5 heteroatoms. The summed E-state index contributed by atoms with van der Waals surface area (Å²) in [5.74, 6) is 0.903. The number of aromatic nitrogens is 2. The number of anilines is 1. The lowest BCUT2D eigenvalue weighted by atomic mass is 10.1. The number of nitrogen functional groups attached to an aromatic ring is 1. The van der Waals surface area contributed by atoms with Gasteiger partial charge >= 0.3 is 0 Å². The zero-order valence-corrected chi connectivity index (χ0v) is 11.6. The van der Waals surface area contributed by atoms with Crippen LogP contribution < -0.4 is 5.73 Å². The zero-order valence-electron chi connectivity index (χ0n) is 10.8. The number of rotatable bonds is 2. The van der Waals surface area contributed by atoms with Crippen molar-refractivity contribution in [1.29, 1.82) is 0 Å². The van der Waals surface area contributed by atoms with E-state index in [1.54, 1.807) is 6.07 Å². The number of nitrogens with zero attached hydrogens (tertiary/aromatic N) is 2. The predicted molar refractivity (Wildman–Crippen MR) is 79.3 cm³/mol. The Bertz CT molecular complexity index is 767. The first-order chi connectivity index (χ1) is 9.66. The Hall–Kier alpha value is -2.33. The van der Waals surface area contributed by atoms with Crippen LogP contribution in [0, 0.1) is 6.92 Å². The molecule has 3 aromatic rings. The van der Waals surface area contributed by atoms with Crippen molar-refractivity contribution in [3.8, 4) is 22.8 Å². The van der Waals surface area contributed by atoms with Gasteiger partial charge in [-0.05, 0) is 36.8 Å². The monoisotopic (exact) mass is 285 g/mol. The standard InChI is InChI=1S/C15H12ClN3O/c1-9-10(6-4-7-12(9)16)15-18-14(19-20-15)11-5-2-3-8-13(11)17/h2-8H,17H2,1H3. The van der Waals surface area contributed by atoms with Crippen LogP contribution in [0.5, 0.6) is 0 Å². The summed E-state index contributed by atoms with van der Waals surface area (Å²) in [6, 6.07) is 13.0. The smallest absolute Gasteiger partial charge is 0.258 e. The molecule has 100 valence electrons. The van der Waals surface area contributed by atoms with E-state index < -0.39 is 0 Å². The molecule has 0 saturated carbocycles. The summed E-state index contributed by atoms with van der Waals surface area (Å²) >= 11 is 6.10. The fourth-order valence-corrected chi connectivity index (χ4v) is 2.16. The van der Waals surface area contributed by atoms with E-state index in [2.05, 4.69) is 10.1 Å². The number of para-hydroxylation sites is 1. The van der Waals surface area contributed by atoms with E-state index in [-0.39, 0.29) is 0 Å². The summed E-state index contributed by atoms with van der Waals surface area (Å²) in [4.78, 5) is 4.40. The summed E-state index contributed by atoms with van der Waals surface area (Å²) in [5, 5.41) is 4.65. The molecule has 2 aromatic carbocycles. The fraction of sp³-hybridized carbons (Fsp3) is 0.0667. The number of halogens is 1. The van der Waals surface area contributed by atoms with Gasteiger partial charge in [0.25, 0.3) is 5.89 Å². The Labute approximate surface area is 121 Å². The first kappa shape index (κ1) is 12.7. The van der Waals surface area contributed by atoms with Crippen LogP contribution in [-0.2, 0) is 0 Å². The third-order valence-electron chi connectivity index (χ3n) is 3.13. The summed E-state index contributed by atoms with van der Waals surface area (Å²) in [6.07, 6.45) is 0.